The second-order valence-electron chi connectivity index (χ2n) is 4.40. The van der Waals surface area contributed by atoms with Crippen molar-refractivity contribution in [2.24, 2.45) is 0 Å². The molecule has 2 aromatic rings. The Morgan fingerprint density at radius 1 is 1.22 bits per heavy atom. The van der Waals surface area contributed by atoms with Crippen LogP contribution >= 0.6 is 27.3 Å². The fourth-order valence-electron chi connectivity index (χ4n) is 1.91. The minimum absolute atomic E-state index is 0.980. The van der Waals surface area contributed by atoms with Crippen molar-refractivity contribution in [1.82, 2.24) is 5.32 Å². The maximum atomic E-state index is 3.51. The van der Waals surface area contributed by atoms with Crippen LogP contribution in [0.25, 0.3) is 10.4 Å². The molecule has 0 spiro atoms. The Labute approximate surface area is 121 Å². The molecule has 0 aliphatic heterocycles. The normalized spacial score (nSPS) is 10.8. The molecule has 0 aliphatic rings. The van der Waals surface area contributed by atoms with Crippen molar-refractivity contribution in [3.05, 3.63) is 45.2 Å². The molecule has 1 aromatic heterocycles. The monoisotopic (exact) mass is 323 g/mol. The molecule has 0 bridgehead atoms. The molecule has 3 heteroatoms. The molecule has 96 valence electrons. The number of halogens is 1. The van der Waals surface area contributed by atoms with Gasteiger partial charge in [-0.2, -0.15) is 0 Å². The minimum atomic E-state index is 0.980. The van der Waals surface area contributed by atoms with Crippen LogP contribution in [0.5, 0.6) is 0 Å². The van der Waals surface area contributed by atoms with Crippen LogP contribution in [0, 0.1) is 6.92 Å². The van der Waals surface area contributed by atoms with E-state index in [1.807, 2.05) is 11.3 Å². The lowest BCUT2D eigenvalue weighted by Gasteiger charge is -2.03. The summed E-state index contributed by atoms with van der Waals surface area (Å²) in [7, 11) is 0. The maximum absolute atomic E-state index is 3.51. The first-order valence-electron chi connectivity index (χ1n) is 6.26. The zero-order chi connectivity index (χ0) is 13.0. The van der Waals surface area contributed by atoms with E-state index < -0.39 is 0 Å². The van der Waals surface area contributed by atoms with Gasteiger partial charge in [0, 0.05) is 20.8 Å². The Hall–Kier alpha value is -0.640. The summed E-state index contributed by atoms with van der Waals surface area (Å²) in [6.07, 6.45) is 1.18. The number of hydrogen-bond donors (Lipinski definition) is 1. The predicted molar refractivity (Wildman–Crippen MR) is 84.2 cm³/mol. The smallest absolute Gasteiger partial charge is 0.0348 e. The highest BCUT2D eigenvalue weighted by atomic mass is 79.9. The van der Waals surface area contributed by atoms with Crippen LogP contribution < -0.4 is 5.32 Å². The Kier molecular flexibility index (Phi) is 4.98. The number of nitrogens with one attached hydrogen (secondary N) is 1. The van der Waals surface area contributed by atoms with E-state index in [-0.39, 0.29) is 0 Å². The third kappa shape index (κ3) is 3.44. The molecule has 0 atom stereocenters. The largest absolute Gasteiger partial charge is 0.312 e. The fraction of sp³-hybridized carbons (Fsp3) is 0.333. The van der Waals surface area contributed by atoms with E-state index in [0.29, 0.717) is 0 Å². The molecule has 18 heavy (non-hydrogen) atoms. The summed E-state index contributed by atoms with van der Waals surface area (Å²) in [5.74, 6) is 0. The first-order valence-corrected chi connectivity index (χ1v) is 7.87. The number of aryl methyl sites for hydroxylation is 1. The first-order chi connectivity index (χ1) is 8.70. The highest BCUT2D eigenvalue weighted by Gasteiger charge is 2.05. The van der Waals surface area contributed by atoms with Crippen LogP contribution in [0.15, 0.2) is 34.8 Å². The molecule has 0 aliphatic carbocycles. The maximum Gasteiger partial charge on any atom is 0.0348 e. The van der Waals surface area contributed by atoms with Gasteiger partial charge in [-0.3, -0.25) is 0 Å². The Balaban J connectivity index is 2.13. The van der Waals surface area contributed by atoms with E-state index in [2.05, 4.69) is 65.4 Å². The van der Waals surface area contributed by atoms with Gasteiger partial charge in [0.25, 0.3) is 0 Å². The Bertz CT molecular complexity index is 519. The number of rotatable bonds is 5. The molecule has 1 heterocycles. The van der Waals surface area contributed by atoms with Gasteiger partial charge >= 0.3 is 0 Å². The van der Waals surface area contributed by atoms with E-state index >= 15 is 0 Å². The summed E-state index contributed by atoms with van der Waals surface area (Å²) in [5, 5.41) is 3.44. The minimum Gasteiger partial charge on any atom is -0.312 e. The average Bonchev–Trinajstić information content (AvgIpc) is 2.78. The van der Waals surface area contributed by atoms with Gasteiger partial charge in [-0.15, -0.1) is 11.3 Å². The van der Waals surface area contributed by atoms with Crippen LogP contribution in [-0.2, 0) is 6.54 Å². The summed E-state index contributed by atoms with van der Waals surface area (Å²) < 4.78 is 1.14. The van der Waals surface area contributed by atoms with E-state index in [4.69, 9.17) is 0 Å². The number of hydrogen-bond acceptors (Lipinski definition) is 2. The molecule has 0 saturated heterocycles. The highest BCUT2D eigenvalue weighted by Crippen LogP contribution is 2.31. The zero-order valence-electron chi connectivity index (χ0n) is 10.8. The lowest BCUT2D eigenvalue weighted by atomic mass is 10.1. The van der Waals surface area contributed by atoms with Crippen molar-refractivity contribution in [3.8, 4) is 10.4 Å². The van der Waals surface area contributed by atoms with Crippen molar-refractivity contribution in [3.63, 3.8) is 0 Å². The zero-order valence-corrected chi connectivity index (χ0v) is 13.2. The van der Waals surface area contributed by atoms with E-state index in [1.54, 1.807) is 0 Å². The van der Waals surface area contributed by atoms with E-state index in [9.17, 15) is 0 Å². The topological polar surface area (TPSA) is 12.0 Å². The summed E-state index contributed by atoms with van der Waals surface area (Å²) in [4.78, 5) is 2.76. The first kappa shape index (κ1) is 13.8. The van der Waals surface area contributed by atoms with Crippen molar-refractivity contribution in [2.75, 3.05) is 6.54 Å². The standard InChI is InChI=1S/C15H18BrNS/c1-3-8-17-10-13-5-7-15(18-13)14-6-4-12(16)9-11(14)2/h4-7,9,17H,3,8,10H2,1-2H3. The van der Waals surface area contributed by atoms with Gasteiger partial charge in [0.2, 0.25) is 0 Å². The summed E-state index contributed by atoms with van der Waals surface area (Å²) in [5.41, 5.74) is 2.66. The van der Waals surface area contributed by atoms with E-state index in [1.165, 1.54) is 27.3 Å². The Morgan fingerprint density at radius 3 is 2.78 bits per heavy atom. The molecule has 0 radical (unpaired) electrons. The average molecular weight is 324 g/mol. The molecular weight excluding hydrogens is 306 g/mol. The SMILES string of the molecule is CCCNCc1ccc(-c2ccc(Br)cc2C)s1. The second-order valence-corrected chi connectivity index (χ2v) is 6.49. The van der Waals surface area contributed by atoms with Crippen LogP contribution in [0.1, 0.15) is 23.8 Å². The molecule has 0 unspecified atom stereocenters. The fourth-order valence-corrected chi connectivity index (χ4v) is 3.45. The highest BCUT2D eigenvalue weighted by molar-refractivity contribution is 9.10. The predicted octanol–water partition coefficient (Wildman–Crippen LogP) is 4.99. The van der Waals surface area contributed by atoms with E-state index in [0.717, 1.165) is 17.6 Å². The lowest BCUT2D eigenvalue weighted by Crippen LogP contribution is -2.12. The van der Waals surface area contributed by atoms with Gasteiger partial charge in [0.15, 0.2) is 0 Å². The number of benzene rings is 1. The van der Waals surface area contributed by atoms with Gasteiger partial charge in [-0.05, 0) is 55.3 Å². The number of thiophene rings is 1. The van der Waals surface area contributed by atoms with Crippen molar-refractivity contribution in [2.45, 2.75) is 26.8 Å². The molecule has 1 nitrogen and oxygen atoms in total. The van der Waals surface area contributed by atoms with Gasteiger partial charge < -0.3 is 5.32 Å². The Morgan fingerprint density at radius 2 is 2.06 bits per heavy atom. The van der Waals surface area contributed by atoms with Crippen LogP contribution in [0.4, 0.5) is 0 Å². The third-order valence-electron chi connectivity index (χ3n) is 2.84. The van der Waals surface area contributed by atoms with Crippen LogP contribution in [-0.4, -0.2) is 6.54 Å². The van der Waals surface area contributed by atoms with Crippen molar-refractivity contribution >= 4 is 27.3 Å². The molecule has 1 aromatic carbocycles. The van der Waals surface area contributed by atoms with Gasteiger partial charge in [0.1, 0.15) is 0 Å². The van der Waals surface area contributed by atoms with Crippen molar-refractivity contribution in [1.29, 1.82) is 0 Å². The third-order valence-corrected chi connectivity index (χ3v) is 4.45. The molecule has 0 fully saturated rings. The lowest BCUT2D eigenvalue weighted by molar-refractivity contribution is 0.681. The second kappa shape index (κ2) is 6.50. The molecule has 0 amide bonds. The molecular formula is C15H18BrNS. The quantitative estimate of drug-likeness (QED) is 0.764. The van der Waals surface area contributed by atoms with Crippen LogP contribution in [0.2, 0.25) is 0 Å². The molecule has 0 saturated carbocycles. The van der Waals surface area contributed by atoms with Crippen molar-refractivity contribution < 1.29 is 0 Å². The summed E-state index contributed by atoms with van der Waals surface area (Å²) in [6, 6.07) is 10.9. The summed E-state index contributed by atoms with van der Waals surface area (Å²) in [6.45, 7) is 6.42. The van der Waals surface area contributed by atoms with Crippen LogP contribution in [0.3, 0.4) is 0 Å². The van der Waals surface area contributed by atoms with Gasteiger partial charge in [0.05, 0.1) is 0 Å². The van der Waals surface area contributed by atoms with Gasteiger partial charge in [-0.25, -0.2) is 0 Å². The summed E-state index contributed by atoms with van der Waals surface area (Å²) >= 11 is 5.39. The molecule has 2 rings (SSSR count). The molecule has 1 N–H and O–H groups in total. The van der Waals surface area contributed by atoms with Gasteiger partial charge in [-0.1, -0.05) is 28.9 Å².